The molecule has 1 fully saturated rings. The topological polar surface area (TPSA) is 59.8 Å². The summed E-state index contributed by atoms with van der Waals surface area (Å²) in [7, 11) is 0. The third-order valence-corrected chi connectivity index (χ3v) is 5.18. The average molecular weight is 357 g/mol. The molecule has 5 heteroatoms. The molecule has 0 unspecified atom stereocenters. The van der Waals surface area contributed by atoms with Gasteiger partial charge in [-0.15, -0.1) is 0 Å². The molecule has 26 heavy (non-hydrogen) atoms. The number of esters is 1. The van der Waals surface area contributed by atoms with E-state index in [2.05, 4.69) is 0 Å². The zero-order valence-electron chi connectivity index (χ0n) is 15.6. The van der Waals surface area contributed by atoms with E-state index in [-0.39, 0.29) is 18.9 Å². The quantitative estimate of drug-likeness (QED) is 0.733. The van der Waals surface area contributed by atoms with Gasteiger partial charge < -0.3 is 14.1 Å². The zero-order valence-corrected chi connectivity index (χ0v) is 15.6. The van der Waals surface area contributed by atoms with Crippen LogP contribution in [0.4, 0.5) is 0 Å². The molecule has 140 valence electrons. The van der Waals surface area contributed by atoms with Crippen LogP contribution in [-0.4, -0.2) is 36.0 Å². The van der Waals surface area contributed by atoms with Gasteiger partial charge in [-0.2, -0.15) is 0 Å². The number of carbonyl (C=O) groups is 2. The van der Waals surface area contributed by atoms with Crippen molar-refractivity contribution in [2.75, 3.05) is 13.2 Å². The highest BCUT2D eigenvalue weighted by Gasteiger charge is 2.25. The Bertz CT molecular complexity index is 773. The number of nitrogens with zero attached hydrogens (tertiary/aromatic N) is 1. The van der Waals surface area contributed by atoms with Crippen LogP contribution in [0.3, 0.4) is 0 Å². The third kappa shape index (κ3) is 4.26. The SMILES string of the molecule is CCN(C(=O)COC(=O)Cc1coc2cc(C)ccc12)C1CCCCC1. The van der Waals surface area contributed by atoms with Crippen LogP contribution >= 0.6 is 0 Å². The Labute approximate surface area is 154 Å². The van der Waals surface area contributed by atoms with Crippen molar-refractivity contribution in [3.63, 3.8) is 0 Å². The fraction of sp³-hybridized carbons (Fsp3) is 0.524. The first kappa shape index (κ1) is 18.5. The van der Waals surface area contributed by atoms with E-state index in [1.807, 2.05) is 36.9 Å². The fourth-order valence-corrected chi connectivity index (χ4v) is 3.79. The lowest BCUT2D eigenvalue weighted by Gasteiger charge is -2.33. The third-order valence-electron chi connectivity index (χ3n) is 5.18. The van der Waals surface area contributed by atoms with Crippen LogP contribution in [-0.2, 0) is 20.7 Å². The number of amides is 1. The summed E-state index contributed by atoms with van der Waals surface area (Å²) in [6.45, 7) is 4.45. The second-order valence-electron chi connectivity index (χ2n) is 7.07. The van der Waals surface area contributed by atoms with Crippen molar-refractivity contribution in [3.05, 3.63) is 35.6 Å². The highest BCUT2D eigenvalue weighted by molar-refractivity contribution is 5.87. The summed E-state index contributed by atoms with van der Waals surface area (Å²) in [5.41, 5.74) is 2.66. The van der Waals surface area contributed by atoms with Gasteiger partial charge in [0.05, 0.1) is 12.7 Å². The molecule has 1 amide bonds. The van der Waals surface area contributed by atoms with E-state index in [0.29, 0.717) is 12.6 Å². The minimum Gasteiger partial charge on any atom is -0.464 e. The van der Waals surface area contributed by atoms with Gasteiger partial charge in [-0.25, -0.2) is 0 Å². The van der Waals surface area contributed by atoms with Crippen LogP contribution in [0.25, 0.3) is 11.0 Å². The van der Waals surface area contributed by atoms with Crippen LogP contribution in [0, 0.1) is 6.92 Å². The molecule has 3 rings (SSSR count). The van der Waals surface area contributed by atoms with Crippen LogP contribution < -0.4 is 0 Å². The Morgan fingerprint density at radius 3 is 2.73 bits per heavy atom. The molecule has 1 aliphatic rings. The summed E-state index contributed by atoms with van der Waals surface area (Å²) in [6.07, 6.45) is 7.38. The van der Waals surface area contributed by atoms with Crippen molar-refractivity contribution in [2.45, 2.75) is 58.4 Å². The molecule has 0 atom stereocenters. The van der Waals surface area contributed by atoms with Crippen molar-refractivity contribution >= 4 is 22.8 Å². The van der Waals surface area contributed by atoms with Gasteiger partial charge >= 0.3 is 5.97 Å². The molecule has 0 aliphatic heterocycles. The van der Waals surface area contributed by atoms with Gasteiger partial charge in [0.2, 0.25) is 0 Å². The summed E-state index contributed by atoms with van der Waals surface area (Å²) in [4.78, 5) is 26.5. The first-order valence-electron chi connectivity index (χ1n) is 9.50. The van der Waals surface area contributed by atoms with Crippen molar-refractivity contribution in [1.82, 2.24) is 4.90 Å². The first-order chi connectivity index (χ1) is 12.6. The molecule has 0 N–H and O–H groups in total. The van der Waals surface area contributed by atoms with Crippen LogP contribution in [0.1, 0.15) is 50.2 Å². The molecule has 5 nitrogen and oxygen atoms in total. The minimum atomic E-state index is -0.402. The van der Waals surface area contributed by atoms with Gasteiger partial charge in [0.15, 0.2) is 6.61 Å². The number of benzene rings is 1. The first-order valence-corrected chi connectivity index (χ1v) is 9.50. The van der Waals surface area contributed by atoms with E-state index in [4.69, 9.17) is 9.15 Å². The summed E-state index contributed by atoms with van der Waals surface area (Å²) in [5.74, 6) is -0.498. The summed E-state index contributed by atoms with van der Waals surface area (Å²) in [5, 5.41) is 0.913. The highest BCUT2D eigenvalue weighted by Crippen LogP contribution is 2.24. The molecule has 0 radical (unpaired) electrons. The summed E-state index contributed by atoms with van der Waals surface area (Å²) >= 11 is 0. The lowest BCUT2D eigenvalue weighted by atomic mass is 9.94. The fourth-order valence-electron chi connectivity index (χ4n) is 3.79. The maximum atomic E-state index is 12.5. The van der Waals surface area contributed by atoms with E-state index < -0.39 is 5.97 Å². The Kier molecular flexibility index (Phi) is 5.96. The molecule has 0 saturated heterocycles. The van der Waals surface area contributed by atoms with Crippen LogP contribution in [0.5, 0.6) is 0 Å². The zero-order chi connectivity index (χ0) is 18.5. The van der Waals surface area contributed by atoms with Crippen molar-refractivity contribution in [3.8, 4) is 0 Å². The summed E-state index contributed by atoms with van der Waals surface area (Å²) in [6, 6.07) is 6.17. The van der Waals surface area contributed by atoms with Crippen LogP contribution in [0.15, 0.2) is 28.9 Å². The van der Waals surface area contributed by atoms with Gasteiger partial charge in [-0.1, -0.05) is 31.4 Å². The number of fused-ring (bicyclic) bond motifs is 1. The number of rotatable bonds is 6. The lowest BCUT2D eigenvalue weighted by molar-refractivity contribution is -0.152. The number of likely N-dealkylation sites (N-methyl/N-ethyl adjacent to an activating group) is 1. The molecule has 1 aromatic carbocycles. The number of ether oxygens (including phenoxy) is 1. The van der Waals surface area contributed by atoms with Crippen molar-refractivity contribution < 1.29 is 18.7 Å². The van der Waals surface area contributed by atoms with Gasteiger partial charge in [0.25, 0.3) is 5.91 Å². The standard InChI is InChI=1S/C21H27NO4/c1-3-22(17-7-5-4-6-8-17)20(23)14-26-21(24)12-16-13-25-19-11-15(2)9-10-18(16)19/h9-11,13,17H,3-8,12,14H2,1-2H3. The van der Waals surface area contributed by atoms with Gasteiger partial charge in [-0.05, 0) is 38.3 Å². The van der Waals surface area contributed by atoms with Crippen molar-refractivity contribution in [1.29, 1.82) is 0 Å². The Morgan fingerprint density at radius 2 is 2.00 bits per heavy atom. The summed E-state index contributed by atoms with van der Waals surface area (Å²) < 4.78 is 10.8. The predicted molar refractivity (Wildman–Crippen MR) is 99.9 cm³/mol. The van der Waals surface area contributed by atoms with Crippen molar-refractivity contribution in [2.24, 2.45) is 0 Å². The molecule has 2 aromatic rings. The molecular weight excluding hydrogens is 330 g/mol. The molecule has 0 bridgehead atoms. The number of hydrogen-bond donors (Lipinski definition) is 0. The predicted octanol–water partition coefficient (Wildman–Crippen LogP) is 4.01. The largest absolute Gasteiger partial charge is 0.464 e. The Balaban J connectivity index is 1.54. The van der Waals surface area contributed by atoms with Gasteiger partial charge in [0.1, 0.15) is 5.58 Å². The second-order valence-corrected chi connectivity index (χ2v) is 7.07. The number of furan rings is 1. The molecule has 0 spiro atoms. The van der Waals surface area contributed by atoms with Crippen LogP contribution in [0.2, 0.25) is 0 Å². The van der Waals surface area contributed by atoms with E-state index in [1.54, 1.807) is 6.26 Å². The second kappa shape index (κ2) is 8.39. The minimum absolute atomic E-state index is 0.0968. The Morgan fingerprint density at radius 1 is 1.23 bits per heavy atom. The van der Waals surface area contributed by atoms with Gasteiger partial charge in [-0.3, -0.25) is 9.59 Å². The number of hydrogen-bond acceptors (Lipinski definition) is 4. The molecule has 1 saturated carbocycles. The number of carbonyl (C=O) groups excluding carboxylic acids is 2. The molecule has 1 aromatic heterocycles. The monoisotopic (exact) mass is 357 g/mol. The van der Waals surface area contributed by atoms with E-state index in [1.165, 1.54) is 19.3 Å². The number of aryl methyl sites for hydroxylation is 1. The molecule has 1 heterocycles. The lowest BCUT2D eigenvalue weighted by Crippen LogP contribution is -2.43. The highest BCUT2D eigenvalue weighted by atomic mass is 16.5. The van der Waals surface area contributed by atoms with E-state index >= 15 is 0 Å². The van der Waals surface area contributed by atoms with E-state index in [9.17, 15) is 9.59 Å². The molecule has 1 aliphatic carbocycles. The smallest absolute Gasteiger partial charge is 0.310 e. The normalized spacial score (nSPS) is 15.2. The van der Waals surface area contributed by atoms with Gasteiger partial charge in [0, 0.05) is 23.5 Å². The maximum absolute atomic E-state index is 12.5. The maximum Gasteiger partial charge on any atom is 0.310 e. The Hall–Kier alpha value is -2.30. The average Bonchev–Trinajstić information content (AvgIpc) is 3.03. The van der Waals surface area contributed by atoms with E-state index in [0.717, 1.165) is 34.9 Å². The molecular formula is C21H27NO4.